The molecule has 2 rings (SSSR count). The van der Waals surface area contributed by atoms with E-state index >= 15 is 0 Å². The van der Waals surface area contributed by atoms with Gasteiger partial charge in [0.15, 0.2) is 0 Å². The Morgan fingerprint density at radius 3 is 2.65 bits per heavy atom. The fourth-order valence-electron chi connectivity index (χ4n) is 2.66. The molecule has 0 bridgehead atoms. The van der Waals surface area contributed by atoms with Crippen LogP contribution in [0.25, 0.3) is 0 Å². The van der Waals surface area contributed by atoms with E-state index < -0.39 is 0 Å². The summed E-state index contributed by atoms with van der Waals surface area (Å²) in [6, 6.07) is 7.92. The molecule has 1 heterocycles. The van der Waals surface area contributed by atoms with Crippen molar-refractivity contribution in [2.45, 2.75) is 38.6 Å². The van der Waals surface area contributed by atoms with Gasteiger partial charge in [0.2, 0.25) is 0 Å². The molecule has 0 aliphatic carbocycles. The van der Waals surface area contributed by atoms with Crippen LogP contribution < -0.4 is 10.2 Å². The molecule has 1 saturated heterocycles. The third kappa shape index (κ3) is 3.44. The van der Waals surface area contributed by atoms with Crippen molar-refractivity contribution in [1.82, 2.24) is 0 Å². The minimum absolute atomic E-state index is 0.207. The molecule has 1 N–H and O–H groups in total. The second-order valence-corrected chi connectivity index (χ2v) is 5.19. The van der Waals surface area contributed by atoms with Gasteiger partial charge in [-0.3, -0.25) is 0 Å². The van der Waals surface area contributed by atoms with Gasteiger partial charge in [-0.25, -0.2) is 4.79 Å². The fourth-order valence-corrected chi connectivity index (χ4v) is 2.66. The van der Waals surface area contributed by atoms with Gasteiger partial charge in [0.25, 0.3) is 0 Å². The summed E-state index contributed by atoms with van der Waals surface area (Å²) in [5.74, 6) is -0.207. The lowest BCUT2D eigenvalue weighted by Gasteiger charge is -2.31. The number of carbonyl (C=O) groups is 1. The standard InChI is InChI=1S/C16H24N2O2/c1-3-13(16(19)20-2)17-14-9-5-6-10-15(14)18-11-7-4-8-12-18/h5-6,9-10,13,17H,3-4,7-8,11-12H2,1-2H3. The molecule has 1 atom stereocenters. The van der Waals surface area contributed by atoms with Crippen LogP contribution in [0.15, 0.2) is 24.3 Å². The van der Waals surface area contributed by atoms with Crippen molar-refractivity contribution in [2.24, 2.45) is 0 Å². The minimum atomic E-state index is -0.286. The first-order valence-electron chi connectivity index (χ1n) is 7.44. The Hall–Kier alpha value is -1.71. The largest absolute Gasteiger partial charge is 0.467 e. The van der Waals surface area contributed by atoms with Gasteiger partial charge in [-0.2, -0.15) is 0 Å². The van der Waals surface area contributed by atoms with E-state index in [4.69, 9.17) is 4.74 Å². The Bertz CT molecular complexity index is 442. The summed E-state index contributed by atoms with van der Waals surface area (Å²) in [5.41, 5.74) is 2.21. The van der Waals surface area contributed by atoms with Crippen molar-refractivity contribution < 1.29 is 9.53 Å². The third-order valence-electron chi connectivity index (χ3n) is 3.82. The van der Waals surface area contributed by atoms with Crippen molar-refractivity contribution in [3.8, 4) is 0 Å². The fraction of sp³-hybridized carbons (Fsp3) is 0.562. The van der Waals surface area contributed by atoms with Crippen molar-refractivity contribution in [3.05, 3.63) is 24.3 Å². The molecule has 20 heavy (non-hydrogen) atoms. The van der Waals surface area contributed by atoms with Crippen LogP contribution in [0.3, 0.4) is 0 Å². The highest BCUT2D eigenvalue weighted by Crippen LogP contribution is 2.29. The van der Waals surface area contributed by atoms with Gasteiger partial charge >= 0.3 is 5.97 Å². The number of esters is 1. The molecule has 0 aromatic heterocycles. The predicted octanol–water partition coefficient (Wildman–Crippen LogP) is 3.04. The number of ether oxygens (including phenoxy) is 1. The number of carbonyl (C=O) groups excluding carboxylic acids is 1. The van der Waals surface area contributed by atoms with Crippen molar-refractivity contribution in [1.29, 1.82) is 0 Å². The van der Waals surface area contributed by atoms with Crippen LogP contribution in [-0.4, -0.2) is 32.2 Å². The summed E-state index contributed by atoms with van der Waals surface area (Å²) in [7, 11) is 1.43. The van der Waals surface area contributed by atoms with Gasteiger partial charge in [0, 0.05) is 13.1 Å². The summed E-state index contributed by atoms with van der Waals surface area (Å²) in [6.07, 6.45) is 4.50. The van der Waals surface area contributed by atoms with Gasteiger partial charge in [-0.15, -0.1) is 0 Å². The molecule has 1 aromatic carbocycles. The Kier molecular flexibility index (Phi) is 5.27. The maximum Gasteiger partial charge on any atom is 0.328 e. The van der Waals surface area contributed by atoms with Crippen LogP contribution in [0.5, 0.6) is 0 Å². The first-order chi connectivity index (χ1) is 9.76. The van der Waals surface area contributed by atoms with E-state index in [0.717, 1.165) is 18.8 Å². The maximum atomic E-state index is 11.7. The second kappa shape index (κ2) is 7.17. The van der Waals surface area contributed by atoms with Gasteiger partial charge in [-0.05, 0) is 37.8 Å². The Morgan fingerprint density at radius 1 is 1.30 bits per heavy atom. The van der Waals surface area contributed by atoms with Gasteiger partial charge in [0.05, 0.1) is 18.5 Å². The van der Waals surface area contributed by atoms with E-state index in [2.05, 4.69) is 16.3 Å². The number of anilines is 2. The van der Waals surface area contributed by atoms with Crippen molar-refractivity contribution >= 4 is 17.3 Å². The lowest BCUT2D eigenvalue weighted by atomic mass is 10.1. The summed E-state index contributed by atoms with van der Waals surface area (Å²) < 4.78 is 4.85. The first-order valence-corrected chi connectivity index (χ1v) is 7.44. The first kappa shape index (κ1) is 14.7. The topological polar surface area (TPSA) is 41.6 Å². The van der Waals surface area contributed by atoms with Crippen LogP contribution in [0.2, 0.25) is 0 Å². The zero-order valence-corrected chi connectivity index (χ0v) is 12.4. The van der Waals surface area contributed by atoms with E-state index in [9.17, 15) is 4.79 Å². The molecule has 0 radical (unpaired) electrons. The molecular weight excluding hydrogens is 252 g/mol. The number of hydrogen-bond acceptors (Lipinski definition) is 4. The highest BCUT2D eigenvalue weighted by atomic mass is 16.5. The number of piperidine rings is 1. The quantitative estimate of drug-likeness (QED) is 0.839. The van der Waals surface area contributed by atoms with E-state index in [-0.39, 0.29) is 12.0 Å². The highest BCUT2D eigenvalue weighted by Gasteiger charge is 2.20. The minimum Gasteiger partial charge on any atom is -0.467 e. The second-order valence-electron chi connectivity index (χ2n) is 5.19. The molecule has 0 spiro atoms. The summed E-state index contributed by atoms with van der Waals surface area (Å²) in [6.45, 7) is 4.17. The number of hydrogen-bond donors (Lipinski definition) is 1. The van der Waals surface area contributed by atoms with Crippen LogP contribution >= 0.6 is 0 Å². The van der Waals surface area contributed by atoms with Crippen LogP contribution in [-0.2, 0) is 9.53 Å². The van der Waals surface area contributed by atoms with E-state index in [1.807, 2.05) is 25.1 Å². The monoisotopic (exact) mass is 276 g/mol. The van der Waals surface area contributed by atoms with E-state index in [1.165, 1.54) is 32.1 Å². The lowest BCUT2D eigenvalue weighted by Crippen LogP contribution is -2.33. The van der Waals surface area contributed by atoms with Crippen LogP contribution in [0.1, 0.15) is 32.6 Å². The third-order valence-corrected chi connectivity index (χ3v) is 3.82. The lowest BCUT2D eigenvalue weighted by molar-refractivity contribution is -0.141. The van der Waals surface area contributed by atoms with Gasteiger partial charge in [-0.1, -0.05) is 19.1 Å². The number of nitrogens with one attached hydrogen (secondary N) is 1. The average molecular weight is 276 g/mol. The number of rotatable bonds is 5. The van der Waals surface area contributed by atoms with Crippen LogP contribution in [0, 0.1) is 0 Å². The SMILES string of the molecule is CCC(Nc1ccccc1N1CCCCC1)C(=O)OC. The molecule has 110 valence electrons. The number of benzene rings is 1. The number of nitrogens with zero attached hydrogens (tertiary/aromatic N) is 1. The molecule has 1 unspecified atom stereocenters. The van der Waals surface area contributed by atoms with Crippen molar-refractivity contribution in [2.75, 3.05) is 30.4 Å². The van der Waals surface area contributed by atoms with Gasteiger partial charge < -0.3 is 15.0 Å². The maximum absolute atomic E-state index is 11.7. The Morgan fingerprint density at radius 2 is 2.00 bits per heavy atom. The summed E-state index contributed by atoms with van der Waals surface area (Å²) in [5, 5.41) is 3.33. The summed E-state index contributed by atoms with van der Waals surface area (Å²) >= 11 is 0. The molecule has 1 aliphatic rings. The average Bonchev–Trinajstić information content (AvgIpc) is 2.53. The van der Waals surface area contributed by atoms with Gasteiger partial charge in [0.1, 0.15) is 6.04 Å². The predicted molar refractivity (Wildman–Crippen MR) is 82.2 cm³/mol. The van der Waals surface area contributed by atoms with E-state index in [0.29, 0.717) is 6.42 Å². The smallest absolute Gasteiger partial charge is 0.328 e. The van der Waals surface area contributed by atoms with E-state index in [1.54, 1.807) is 0 Å². The Labute approximate surface area is 121 Å². The molecule has 4 nitrogen and oxygen atoms in total. The molecule has 0 amide bonds. The Balaban J connectivity index is 2.16. The van der Waals surface area contributed by atoms with Crippen LogP contribution in [0.4, 0.5) is 11.4 Å². The zero-order chi connectivity index (χ0) is 14.4. The molecule has 1 fully saturated rings. The zero-order valence-electron chi connectivity index (χ0n) is 12.4. The normalized spacial score (nSPS) is 16.6. The number of para-hydroxylation sites is 2. The molecular formula is C16H24N2O2. The number of methoxy groups -OCH3 is 1. The molecule has 0 saturated carbocycles. The highest BCUT2D eigenvalue weighted by molar-refractivity contribution is 5.81. The van der Waals surface area contributed by atoms with Crippen molar-refractivity contribution in [3.63, 3.8) is 0 Å². The molecule has 4 heteroatoms. The molecule has 1 aromatic rings. The summed E-state index contributed by atoms with van der Waals surface area (Å²) in [4.78, 5) is 14.1. The molecule has 1 aliphatic heterocycles.